The number of nitrogens with one attached hydrogen (secondary N) is 3. The summed E-state index contributed by atoms with van der Waals surface area (Å²) < 4.78 is 0. The van der Waals surface area contributed by atoms with E-state index in [9.17, 15) is 9.90 Å². The lowest BCUT2D eigenvalue weighted by Gasteiger charge is -2.35. The number of aliphatic hydroxyl groups is 1. The average Bonchev–Trinajstić information content (AvgIpc) is 2.88. The molecule has 1 fully saturated rings. The van der Waals surface area contributed by atoms with Gasteiger partial charge in [-0.25, -0.2) is 0 Å². The van der Waals surface area contributed by atoms with E-state index in [4.69, 9.17) is 0 Å². The van der Waals surface area contributed by atoms with E-state index < -0.39 is 6.23 Å². The molecule has 1 unspecified atom stereocenters. The van der Waals surface area contributed by atoms with Gasteiger partial charge in [0.05, 0.1) is 5.69 Å². The highest BCUT2D eigenvalue weighted by Crippen LogP contribution is 2.34. The molecule has 0 amide bonds. The molecule has 204 valence electrons. The fraction of sp³-hybridized carbons (Fsp3) is 0.467. The highest BCUT2D eigenvalue weighted by Gasteiger charge is 2.23. The summed E-state index contributed by atoms with van der Waals surface area (Å²) in [5, 5.41) is 18.0. The molecule has 0 spiro atoms. The van der Waals surface area contributed by atoms with Crippen molar-refractivity contribution in [3.63, 3.8) is 0 Å². The molecule has 8 nitrogen and oxygen atoms in total. The normalized spacial score (nSPS) is 15.2. The number of hydrogen-bond acceptors (Lipinski definition) is 7. The number of aliphatic hydroxyl groups excluding tert-OH is 1. The van der Waals surface area contributed by atoms with E-state index in [1.807, 2.05) is 46.3 Å². The van der Waals surface area contributed by atoms with Crippen molar-refractivity contribution in [2.75, 3.05) is 39.1 Å². The van der Waals surface area contributed by atoms with Gasteiger partial charge in [0.2, 0.25) is 0 Å². The zero-order valence-electron chi connectivity index (χ0n) is 23.6. The van der Waals surface area contributed by atoms with Crippen molar-refractivity contribution < 1.29 is 5.11 Å². The number of anilines is 1. The second kappa shape index (κ2) is 12.2. The second-order valence-electron chi connectivity index (χ2n) is 10.8. The maximum atomic E-state index is 12.5. The Morgan fingerprint density at radius 1 is 1.08 bits per heavy atom. The molecule has 1 aromatic carbocycles. The largest absolute Gasteiger partial charge is 0.374 e. The highest BCUT2D eigenvalue weighted by molar-refractivity contribution is 5.72. The maximum Gasteiger partial charge on any atom is 0.252 e. The Balaban J connectivity index is 1.69. The van der Waals surface area contributed by atoms with E-state index in [0.29, 0.717) is 11.6 Å². The molecule has 0 bridgehead atoms. The van der Waals surface area contributed by atoms with Crippen molar-refractivity contribution in [1.29, 1.82) is 0 Å². The Hall–Kier alpha value is -3.04. The van der Waals surface area contributed by atoms with E-state index in [2.05, 4.69) is 62.6 Å². The van der Waals surface area contributed by atoms with Crippen molar-refractivity contribution in [2.24, 2.45) is 0 Å². The van der Waals surface area contributed by atoms with Crippen molar-refractivity contribution >= 4 is 5.69 Å². The van der Waals surface area contributed by atoms with Gasteiger partial charge in [0.15, 0.2) is 0 Å². The molecule has 2 aromatic heterocycles. The van der Waals surface area contributed by atoms with Crippen molar-refractivity contribution in [3.8, 4) is 11.1 Å². The van der Waals surface area contributed by atoms with Gasteiger partial charge in [-0.1, -0.05) is 6.07 Å². The zero-order chi connectivity index (χ0) is 27.4. The van der Waals surface area contributed by atoms with Gasteiger partial charge in [0, 0.05) is 60.4 Å². The van der Waals surface area contributed by atoms with Crippen LogP contribution < -0.4 is 21.1 Å². The Labute approximate surface area is 226 Å². The van der Waals surface area contributed by atoms with Crippen LogP contribution in [0.15, 0.2) is 41.3 Å². The summed E-state index contributed by atoms with van der Waals surface area (Å²) in [5.74, 6) is 0. The minimum atomic E-state index is -0.934. The lowest BCUT2D eigenvalue weighted by Crippen LogP contribution is -2.41. The first-order valence-corrected chi connectivity index (χ1v) is 13.4. The molecular weight excluding hydrogens is 476 g/mol. The van der Waals surface area contributed by atoms with E-state index in [0.717, 1.165) is 77.4 Å². The molecule has 38 heavy (non-hydrogen) atoms. The summed E-state index contributed by atoms with van der Waals surface area (Å²) in [6, 6.07) is 10.8. The Morgan fingerprint density at radius 2 is 1.82 bits per heavy atom. The number of piperidine rings is 1. The first-order chi connectivity index (χ1) is 18.1. The molecule has 0 radical (unpaired) electrons. The minimum Gasteiger partial charge on any atom is -0.374 e. The number of benzene rings is 1. The molecule has 1 aliphatic heterocycles. The van der Waals surface area contributed by atoms with Gasteiger partial charge in [-0.15, -0.1) is 0 Å². The van der Waals surface area contributed by atoms with Crippen LogP contribution in [0.1, 0.15) is 52.7 Å². The summed E-state index contributed by atoms with van der Waals surface area (Å²) in [6.07, 6.45) is 3.13. The van der Waals surface area contributed by atoms with Crippen molar-refractivity contribution in [1.82, 2.24) is 25.5 Å². The summed E-state index contributed by atoms with van der Waals surface area (Å²) in [6.45, 7) is 8.93. The quantitative estimate of drug-likeness (QED) is 0.323. The Morgan fingerprint density at radius 3 is 2.45 bits per heavy atom. The number of rotatable bonds is 9. The topological polar surface area (TPSA) is 96.5 Å². The fourth-order valence-electron chi connectivity index (χ4n) is 5.35. The molecule has 0 saturated carbocycles. The number of H-pyrrole nitrogens is 1. The molecular formula is C30H42N6O2. The number of aromatic nitrogens is 2. The van der Waals surface area contributed by atoms with Gasteiger partial charge >= 0.3 is 0 Å². The first-order valence-electron chi connectivity index (χ1n) is 13.4. The van der Waals surface area contributed by atoms with Crippen LogP contribution in [0.4, 0.5) is 5.69 Å². The minimum absolute atomic E-state index is 0.122. The third-order valence-electron chi connectivity index (χ3n) is 7.55. The molecule has 1 aliphatic rings. The summed E-state index contributed by atoms with van der Waals surface area (Å²) in [7, 11) is 6.22. The van der Waals surface area contributed by atoms with Crippen LogP contribution in [0, 0.1) is 20.8 Å². The Bertz CT molecular complexity index is 1300. The summed E-state index contributed by atoms with van der Waals surface area (Å²) in [4.78, 5) is 24.5. The van der Waals surface area contributed by atoms with Gasteiger partial charge < -0.3 is 25.2 Å². The van der Waals surface area contributed by atoms with Crippen LogP contribution in [-0.2, 0) is 13.1 Å². The number of aromatic amines is 1. The van der Waals surface area contributed by atoms with Crippen LogP contribution in [0.3, 0.4) is 0 Å². The molecule has 1 atom stereocenters. The summed E-state index contributed by atoms with van der Waals surface area (Å²) in [5.41, 5.74) is 8.22. The molecule has 0 aliphatic carbocycles. The Kier molecular flexibility index (Phi) is 8.99. The van der Waals surface area contributed by atoms with Crippen LogP contribution in [0.2, 0.25) is 0 Å². The molecule has 3 aromatic rings. The third-order valence-corrected chi connectivity index (χ3v) is 7.55. The van der Waals surface area contributed by atoms with E-state index in [-0.39, 0.29) is 12.1 Å². The van der Waals surface area contributed by atoms with Gasteiger partial charge in [-0.3, -0.25) is 15.1 Å². The van der Waals surface area contributed by atoms with E-state index in [1.165, 1.54) is 0 Å². The third kappa shape index (κ3) is 6.50. The fourth-order valence-corrected chi connectivity index (χ4v) is 5.35. The number of hydrogen-bond donors (Lipinski definition) is 4. The molecule has 8 heteroatoms. The predicted octanol–water partition coefficient (Wildman–Crippen LogP) is 3.39. The SMILES string of the molecule is Cc1cc(C)c(CNC(O)c2cc(-c3ccc(CN(C)C)nc3)cc(N(C)C3CCNCC3)c2C)c(=O)[nH]1. The molecule has 4 N–H and O–H groups in total. The molecule has 1 saturated heterocycles. The first kappa shape index (κ1) is 28.0. The van der Waals surface area contributed by atoms with Gasteiger partial charge in [-0.2, -0.15) is 0 Å². The summed E-state index contributed by atoms with van der Waals surface area (Å²) >= 11 is 0. The lowest BCUT2D eigenvalue weighted by atomic mass is 9.95. The number of pyridine rings is 2. The smallest absolute Gasteiger partial charge is 0.252 e. The predicted molar refractivity (Wildman–Crippen MR) is 154 cm³/mol. The number of aryl methyl sites for hydroxylation is 2. The highest BCUT2D eigenvalue weighted by atomic mass is 16.3. The number of nitrogens with zero attached hydrogens (tertiary/aromatic N) is 3. The lowest BCUT2D eigenvalue weighted by molar-refractivity contribution is 0.136. The monoisotopic (exact) mass is 518 g/mol. The molecule has 4 rings (SSSR count). The zero-order valence-corrected chi connectivity index (χ0v) is 23.6. The van der Waals surface area contributed by atoms with Crippen LogP contribution in [0.25, 0.3) is 11.1 Å². The van der Waals surface area contributed by atoms with E-state index >= 15 is 0 Å². The van der Waals surface area contributed by atoms with Gasteiger partial charge in [0.1, 0.15) is 6.23 Å². The van der Waals surface area contributed by atoms with Crippen LogP contribution in [0.5, 0.6) is 0 Å². The van der Waals surface area contributed by atoms with E-state index in [1.54, 1.807) is 0 Å². The van der Waals surface area contributed by atoms with Crippen molar-refractivity contribution in [2.45, 2.75) is 59.0 Å². The van der Waals surface area contributed by atoms with Crippen molar-refractivity contribution in [3.05, 3.63) is 80.5 Å². The molecule has 3 heterocycles. The van der Waals surface area contributed by atoms with Crippen LogP contribution >= 0.6 is 0 Å². The van der Waals surface area contributed by atoms with Crippen LogP contribution in [-0.4, -0.2) is 60.2 Å². The van der Waals surface area contributed by atoms with Gasteiger partial charge in [-0.05, 0) is 102 Å². The maximum absolute atomic E-state index is 12.5. The second-order valence-corrected chi connectivity index (χ2v) is 10.8. The van der Waals surface area contributed by atoms with Gasteiger partial charge in [0.25, 0.3) is 5.56 Å². The standard InChI is InChI=1S/C30H42N6O2/c1-19-13-20(2)34-30(38)27(19)17-33-29(37)26-14-23(22-7-8-24(32-16-22)18-35(4)5)15-28(21(26)3)36(6)25-9-11-31-12-10-25/h7-8,13-16,25,29,31,33,37H,9-12,17-18H2,1-6H3,(H,34,38). The average molecular weight is 519 g/mol.